The van der Waals surface area contributed by atoms with E-state index in [0.29, 0.717) is 0 Å². The summed E-state index contributed by atoms with van der Waals surface area (Å²) in [6, 6.07) is 0. The Kier molecular flexibility index (Phi) is 12.9. The Bertz CT molecular complexity index is 740. The van der Waals surface area contributed by atoms with E-state index in [0.717, 1.165) is 34.4 Å². The first-order valence-electron chi connectivity index (χ1n) is 8.72. The van der Waals surface area contributed by atoms with E-state index in [1.54, 1.807) is 6.08 Å². The molecule has 0 fully saturated rings. The lowest BCUT2D eigenvalue weighted by atomic mass is 10.2. The number of hydrogen-bond acceptors (Lipinski definition) is 3. The van der Waals surface area contributed by atoms with Crippen molar-refractivity contribution in [3.8, 4) is 0 Å². The van der Waals surface area contributed by atoms with Gasteiger partial charge in [0, 0.05) is 6.08 Å². The zero-order valence-corrected chi connectivity index (χ0v) is 16.8. The van der Waals surface area contributed by atoms with Gasteiger partial charge in [-0.3, -0.25) is 0 Å². The number of rotatable bonds is 10. The molecule has 0 unspecified atom stereocenters. The van der Waals surface area contributed by atoms with E-state index >= 15 is 0 Å². The zero-order chi connectivity index (χ0) is 21.4. The van der Waals surface area contributed by atoms with Crippen LogP contribution in [0, 0.1) is 0 Å². The van der Waals surface area contributed by atoms with Gasteiger partial charge in [-0.25, -0.2) is 4.79 Å². The molecule has 0 radical (unpaired) electrons. The van der Waals surface area contributed by atoms with Crippen LogP contribution in [0.25, 0.3) is 0 Å². The normalized spacial score (nSPS) is 15.1. The van der Waals surface area contributed by atoms with Gasteiger partial charge in [0.15, 0.2) is 0 Å². The van der Waals surface area contributed by atoms with E-state index in [1.165, 1.54) is 6.08 Å². The number of carbonyl (C=O) groups excluding carboxylic acids is 1. The average molecular weight is 379 g/mol. The molecule has 0 aliphatic heterocycles. The standard InChI is InChI=1S/C24H28O4/c1-19(11-7-13-21(3)15-17-23(25)26)9-5-6-10-20(2)12-8-14-22(4)16-18-24(27)28/h5-18H,1-4H3,(H,25,26)(H,27,28)/p-1/b6-5+,11-7+,12-8+,17-15+,18-16+,19-9+,20-10+,21-13+,22-14+. The molecule has 0 aromatic heterocycles. The van der Waals surface area contributed by atoms with Crippen molar-refractivity contribution >= 4 is 11.9 Å². The molecular weight excluding hydrogens is 352 g/mol. The van der Waals surface area contributed by atoms with Crippen molar-refractivity contribution in [2.75, 3.05) is 0 Å². The van der Waals surface area contributed by atoms with Crippen molar-refractivity contribution in [1.82, 2.24) is 0 Å². The van der Waals surface area contributed by atoms with Crippen molar-refractivity contribution < 1.29 is 19.8 Å². The van der Waals surface area contributed by atoms with E-state index in [1.807, 2.05) is 88.5 Å². The van der Waals surface area contributed by atoms with Crippen LogP contribution in [-0.4, -0.2) is 17.0 Å². The second kappa shape index (κ2) is 14.7. The molecule has 4 nitrogen and oxygen atoms in total. The molecule has 1 N–H and O–H groups in total. The van der Waals surface area contributed by atoms with E-state index in [-0.39, 0.29) is 0 Å². The molecule has 0 heterocycles. The highest BCUT2D eigenvalue weighted by Gasteiger charge is 1.85. The van der Waals surface area contributed by atoms with Crippen molar-refractivity contribution in [2.24, 2.45) is 0 Å². The highest BCUT2D eigenvalue weighted by atomic mass is 16.4. The van der Waals surface area contributed by atoms with Crippen LogP contribution >= 0.6 is 0 Å². The van der Waals surface area contributed by atoms with E-state index in [4.69, 9.17) is 5.11 Å². The summed E-state index contributed by atoms with van der Waals surface area (Å²) in [6.45, 7) is 7.58. The Morgan fingerprint density at radius 2 is 0.929 bits per heavy atom. The number of carboxylic acid groups (broad SMARTS) is 2. The lowest BCUT2D eigenvalue weighted by Gasteiger charge is -1.92. The van der Waals surface area contributed by atoms with Gasteiger partial charge in [-0.1, -0.05) is 95.2 Å². The van der Waals surface area contributed by atoms with Crippen LogP contribution in [0.4, 0.5) is 0 Å². The Balaban J connectivity index is 4.66. The first-order chi connectivity index (χ1) is 13.2. The monoisotopic (exact) mass is 379 g/mol. The molecule has 28 heavy (non-hydrogen) atoms. The van der Waals surface area contributed by atoms with Gasteiger partial charge >= 0.3 is 5.97 Å². The van der Waals surface area contributed by atoms with Gasteiger partial charge in [-0.05, 0) is 33.8 Å². The smallest absolute Gasteiger partial charge is 0.328 e. The van der Waals surface area contributed by atoms with E-state index in [9.17, 15) is 14.7 Å². The van der Waals surface area contributed by atoms with Gasteiger partial charge in [-0.15, -0.1) is 0 Å². The highest BCUT2D eigenvalue weighted by Crippen LogP contribution is 2.02. The van der Waals surface area contributed by atoms with Crippen LogP contribution < -0.4 is 5.11 Å². The minimum absolute atomic E-state index is 0.817. The fourth-order valence-corrected chi connectivity index (χ4v) is 1.74. The van der Waals surface area contributed by atoms with Crippen molar-refractivity contribution in [3.63, 3.8) is 0 Å². The highest BCUT2D eigenvalue weighted by molar-refractivity contribution is 5.80. The summed E-state index contributed by atoms with van der Waals surface area (Å²) in [4.78, 5) is 20.8. The van der Waals surface area contributed by atoms with E-state index in [2.05, 4.69) is 0 Å². The summed E-state index contributed by atoms with van der Waals surface area (Å²) in [5, 5.41) is 18.9. The fraction of sp³-hybridized carbons (Fsp3) is 0.167. The number of aliphatic carboxylic acids is 2. The predicted octanol–water partition coefficient (Wildman–Crippen LogP) is 4.39. The summed E-state index contributed by atoms with van der Waals surface area (Å²) < 4.78 is 0. The molecule has 0 aliphatic carbocycles. The van der Waals surface area contributed by atoms with Crippen molar-refractivity contribution in [2.45, 2.75) is 27.7 Å². The molecular formula is C24H27O4-. The van der Waals surface area contributed by atoms with Crippen LogP contribution in [0.2, 0.25) is 0 Å². The van der Waals surface area contributed by atoms with Crippen molar-refractivity contribution in [1.29, 1.82) is 0 Å². The molecule has 0 bridgehead atoms. The molecule has 0 saturated heterocycles. The molecule has 4 heteroatoms. The van der Waals surface area contributed by atoms with Gasteiger partial charge < -0.3 is 15.0 Å². The lowest BCUT2D eigenvalue weighted by Crippen LogP contribution is -2.18. The summed E-state index contributed by atoms with van der Waals surface area (Å²) in [5.41, 5.74) is 3.78. The molecule has 0 rings (SSSR count). The van der Waals surface area contributed by atoms with Crippen LogP contribution in [0.5, 0.6) is 0 Å². The third-order valence-electron chi connectivity index (χ3n) is 3.24. The van der Waals surface area contributed by atoms with Crippen LogP contribution in [0.1, 0.15) is 27.7 Å². The molecule has 0 saturated carbocycles. The summed E-state index contributed by atoms with van der Waals surface area (Å²) in [5.74, 6) is -2.17. The summed E-state index contributed by atoms with van der Waals surface area (Å²) in [6.07, 6.45) is 24.2. The SMILES string of the molecule is CC(/C=C/C=C(C)/C=C/C(=O)[O-])=C\C=C\C=C(C)\C=C\C=C(C)\C=C\C(=O)O. The van der Waals surface area contributed by atoms with Gasteiger partial charge in [0.1, 0.15) is 0 Å². The fourth-order valence-electron chi connectivity index (χ4n) is 1.74. The van der Waals surface area contributed by atoms with Crippen LogP contribution in [-0.2, 0) is 9.59 Å². The van der Waals surface area contributed by atoms with Gasteiger partial charge in [0.2, 0.25) is 0 Å². The second-order valence-electron chi connectivity index (χ2n) is 6.07. The maximum atomic E-state index is 10.4. The predicted molar refractivity (Wildman–Crippen MR) is 113 cm³/mol. The first-order valence-corrected chi connectivity index (χ1v) is 8.72. The molecule has 0 amide bonds. The molecule has 0 spiro atoms. The first kappa shape index (κ1) is 24.6. The third-order valence-corrected chi connectivity index (χ3v) is 3.24. The third kappa shape index (κ3) is 16.1. The summed E-state index contributed by atoms with van der Waals surface area (Å²) in [7, 11) is 0. The lowest BCUT2D eigenvalue weighted by molar-refractivity contribution is -0.297. The molecule has 0 aromatic carbocycles. The summed E-state index contributed by atoms with van der Waals surface area (Å²) >= 11 is 0. The average Bonchev–Trinajstić information content (AvgIpc) is 2.61. The van der Waals surface area contributed by atoms with Crippen LogP contribution in [0.3, 0.4) is 0 Å². The minimum atomic E-state index is -1.21. The Labute approximate surface area is 167 Å². The van der Waals surface area contributed by atoms with Gasteiger partial charge in [-0.2, -0.15) is 0 Å². The number of carbonyl (C=O) groups is 2. The number of allylic oxidation sites excluding steroid dienone is 16. The number of hydrogen-bond donors (Lipinski definition) is 1. The number of carboxylic acids is 2. The molecule has 0 aliphatic rings. The minimum Gasteiger partial charge on any atom is -0.545 e. The largest absolute Gasteiger partial charge is 0.545 e. The van der Waals surface area contributed by atoms with Crippen LogP contribution in [0.15, 0.2) is 107 Å². The zero-order valence-electron chi connectivity index (χ0n) is 16.8. The quantitative estimate of drug-likeness (QED) is 0.451. The Morgan fingerprint density at radius 1 is 0.571 bits per heavy atom. The molecule has 0 atom stereocenters. The maximum absolute atomic E-state index is 10.4. The molecule has 0 aromatic rings. The van der Waals surface area contributed by atoms with E-state index < -0.39 is 11.9 Å². The Hall–Kier alpha value is -3.40. The van der Waals surface area contributed by atoms with Gasteiger partial charge in [0.05, 0.1) is 5.97 Å². The Morgan fingerprint density at radius 3 is 1.32 bits per heavy atom. The second-order valence-corrected chi connectivity index (χ2v) is 6.07. The van der Waals surface area contributed by atoms with Crippen molar-refractivity contribution in [3.05, 3.63) is 107 Å². The maximum Gasteiger partial charge on any atom is 0.328 e. The topological polar surface area (TPSA) is 77.4 Å². The molecule has 148 valence electrons. The van der Waals surface area contributed by atoms with Gasteiger partial charge in [0.25, 0.3) is 0 Å².